The van der Waals surface area contributed by atoms with E-state index >= 15 is 0 Å². The van der Waals surface area contributed by atoms with Crippen LogP contribution in [0.2, 0.25) is 0 Å². The standard InChI is InChI=1S/2C9H15N.C9H14O2S.2C9H14S.C6H12.6C2H6/c2*1-6-2-8-4-7(1)5-9(3-6)10-8;10-12(11)8-2-6-1-7(4-8)5-9(12)3-6;2*1-6-2-8-4-7(1)5-9(3-6)10-8;1-2-4-6-5-3-1;6*1-2/h2*6-10H,1-5H2;6-9H,1-5H2;2*6-9H,1-5H2;1-6H2;6*1-2H3. The molecule has 21 aliphatic rings. The van der Waals surface area contributed by atoms with Gasteiger partial charge in [0.2, 0.25) is 0 Å². The number of nitrogens with one attached hydrogen (secondary N) is 2. The van der Waals surface area contributed by atoms with Crippen molar-refractivity contribution in [3.8, 4) is 0 Å². The summed E-state index contributed by atoms with van der Waals surface area (Å²) in [6, 6.07) is 3.71. The van der Waals surface area contributed by atoms with Crippen molar-refractivity contribution >= 4 is 33.4 Å². The Morgan fingerprint density at radius 3 is 0.600 bits per heavy atom. The molecule has 10 aliphatic heterocycles. The Labute approximate surface area is 446 Å². The van der Waals surface area contributed by atoms with E-state index in [4.69, 9.17) is 0 Å². The highest BCUT2D eigenvalue weighted by molar-refractivity contribution is 8.00. The van der Waals surface area contributed by atoms with E-state index in [-0.39, 0.29) is 10.5 Å². The third kappa shape index (κ3) is 17.3. The minimum absolute atomic E-state index is 0.0637. The van der Waals surface area contributed by atoms with Crippen molar-refractivity contribution in [2.45, 2.75) is 338 Å². The number of piperidine rings is 4. The molecule has 10 saturated heterocycles. The molecule has 21 rings (SSSR count). The molecule has 412 valence electrons. The van der Waals surface area contributed by atoms with Gasteiger partial charge in [-0.2, -0.15) is 23.5 Å². The maximum atomic E-state index is 11.8. The van der Waals surface area contributed by atoms with Gasteiger partial charge in [0.1, 0.15) is 0 Å². The van der Waals surface area contributed by atoms with Gasteiger partial charge in [-0.15, -0.1) is 0 Å². The number of hydrogen-bond acceptors (Lipinski definition) is 6. The first-order valence-electron chi connectivity index (χ1n) is 32.3. The molecule has 0 radical (unpaired) electrons. The Morgan fingerprint density at radius 1 is 0.257 bits per heavy atom. The van der Waals surface area contributed by atoms with Gasteiger partial charge in [-0.3, -0.25) is 0 Å². The van der Waals surface area contributed by atoms with Crippen LogP contribution < -0.4 is 10.6 Å². The normalized spacial score (nSPS) is 44.8. The van der Waals surface area contributed by atoms with Gasteiger partial charge in [0.05, 0.1) is 10.5 Å². The van der Waals surface area contributed by atoms with Crippen LogP contribution in [-0.2, 0) is 9.84 Å². The van der Waals surface area contributed by atoms with Crippen molar-refractivity contribution in [3.05, 3.63) is 0 Å². The molecule has 20 bridgehead atoms. The number of rotatable bonds is 0. The maximum Gasteiger partial charge on any atom is 0.156 e. The summed E-state index contributed by atoms with van der Waals surface area (Å²) >= 11 is 4.61. The zero-order chi connectivity index (χ0) is 50.8. The Morgan fingerprint density at radius 2 is 0.429 bits per heavy atom. The van der Waals surface area contributed by atoms with Crippen LogP contribution in [0.1, 0.15) is 282 Å². The van der Waals surface area contributed by atoms with Crippen LogP contribution in [0.3, 0.4) is 0 Å². The van der Waals surface area contributed by atoms with E-state index in [2.05, 4.69) is 34.2 Å². The summed E-state index contributed by atoms with van der Waals surface area (Å²) in [5.74, 6) is 10.6. The summed E-state index contributed by atoms with van der Waals surface area (Å²) in [6.07, 6.45) is 45.0. The molecule has 10 heterocycles. The Balaban J connectivity index is 0.000000151. The smallest absolute Gasteiger partial charge is 0.156 e. The van der Waals surface area contributed by atoms with Crippen LogP contribution in [0.4, 0.5) is 0 Å². The van der Waals surface area contributed by atoms with Crippen LogP contribution in [0.25, 0.3) is 0 Å². The molecule has 0 aromatic rings. The summed E-state index contributed by atoms with van der Waals surface area (Å²) in [7, 11) is -2.67. The second-order valence-corrected chi connectivity index (χ2v) is 30.1. The van der Waals surface area contributed by atoms with Gasteiger partial charge in [0, 0.05) is 45.2 Å². The molecule has 2 N–H and O–H groups in total. The highest BCUT2D eigenvalue weighted by Crippen LogP contribution is 2.55. The number of sulfone groups is 1. The third-order valence-electron chi connectivity index (χ3n) is 19.6. The number of thioether (sulfide) groups is 2. The van der Waals surface area contributed by atoms with Crippen molar-refractivity contribution < 1.29 is 8.42 Å². The fourth-order valence-corrected chi connectivity index (χ4v) is 24.8. The van der Waals surface area contributed by atoms with E-state index < -0.39 is 9.84 Å². The molecule has 0 unspecified atom stereocenters. The van der Waals surface area contributed by atoms with Crippen molar-refractivity contribution in [1.82, 2.24) is 10.6 Å². The summed E-state index contributed by atoms with van der Waals surface area (Å²) in [4.78, 5) is 0. The second-order valence-electron chi connectivity index (χ2n) is 24.4. The zero-order valence-electron chi connectivity index (χ0n) is 48.5. The van der Waals surface area contributed by atoms with Gasteiger partial charge in [0.15, 0.2) is 9.84 Å². The molecule has 11 saturated carbocycles. The predicted octanol–water partition coefficient (Wildman–Crippen LogP) is 18.3. The summed E-state index contributed by atoms with van der Waals surface area (Å²) in [5.41, 5.74) is 0. The Kier molecular flexibility index (Phi) is 27.8. The Hall–Kier alpha value is 0.570. The maximum absolute atomic E-state index is 11.8. The first-order valence-corrected chi connectivity index (χ1v) is 35.8. The largest absolute Gasteiger partial charge is 0.311 e. The van der Waals surface area contributed by atoms with E-state index in [1.54, 1.807) is 77.0 Å². The van der Waals surface area contributed by atoms with E-state index in [0.717, 1.165) is 130 Å². The fraction of sp³-hybridized carbons (Fsp3) is 1.00. The predicted molar refractivity (Wildman–Crippen MR) is 314 cm³/mol. The van der Waals surface area contributed by atoms with Crippen LogP contribution in [0.5, 0.6) is 0 Å². The molecule has 4 nitrogen and oxygen atoms in total. The molecule has 0 spiro atoms. The first-order chi connectivity index (χ1) is 34.3. The van der Waals surface area contributed by atoms with Crippen molar-refractivity contribution in [2.24, 2.45) is 59.2 Å². The fourth-order valence-electron chi connectivity index (χ4n) is 18.0. The van der Waals surface area contributed by atoms with Crippen molar-refractivity contribution in [1.29, 1.82) is 0 Å². The third-order valence-corrected chi connectivity index (χ3v) is 25.3. The molecule has 0 atom stereocenters. The average Bonchev–Trinajstić information content (AvgIpc) is 3.37. The molecule has 0 aromatic heterocycles. The summed E-state index contributed by atoms with van der Waals surface area (Å²) in [5, 5.41) is 11.9. The van der Waals surface area contributed by atoms with E-state index in [9.17, 15) is 8.42 Å². The topological polar surface area (TPSA) is 58.2 Å². The van der Waals surface area contributed by atoms with Gasteiger partial charge < -0.3 is 10.6 Å². The Bertz CT molecular complexity index is 1080. The lowest BCUT2D eigenvalue weighted by molar-refractivity contribution is 0.0603. The van der Waals surface area contributed by atoms with Gasteiger partial charge in [0.25, 0.3) is 0 Å². The van der Waals surface area contributed by atoms with E-state index in [0.29, 0.717) is 0 Å². The molecule has 0 amide bonds. The molecule has 0 aromatic carbocycles. The van der Waals surface area contributed by atoms with Gasteiger partial charge in [-0.05, 0) is 220 Å². The lowest BCUT2D eigenvalue weighted by atomic mass is 9.65. The molecule has 21 fully saturated rings. The van der Waals surface area contributed by atoms with Crippen molar-refractivity contribution in [3.63, 3.8) is 0 Å². The van der Waals surface area contributed by atoms with E-state index in [1.807, 2.05) is 83.1 Å². The summed E-state index contributed by atoms with van der Waals surface area (Å²) < 4.78 is 23.5. The van der Waals surface area contributed by atoms with Gasteiger partial charge in [-0.1, -0.05) is 122 Å². The first kappa shape index (κ1) is 61.4. The van der Waals surface area contributed by atoms with Crippen LogP contribution >= 0.6 is 23.5 Å². The van der Waals surface area contributed by atoms with Crippen LogP contribution in [0.15, 0.2) is 0 Å². The molecular weight excluding hydrogens is 913 g/mol. The lowest BCUT2D eigenvalue weighted by Crippen LogP contribution is -2.55. The molecular formula is C63H120N2O2S3. The minimum atomic E-state index is -2.67. The number of hydrogen-bond donors (Lipinski definition) is 2. The lowest BCUT2D eigenvalue weighted by Gasteiger charge is -2.50. The summed E-state index contributed by atoms with van der Waals surface area (Å²) in [6.45, 7) is 24.0. The van der Waals surface area contributed by atoms with Crippen LogP contribution in [-0.4, -0.2) is 64.1 Å². The zero-order valence-corrected chi connectivity index (χ0v) is 51.0. The highest BCUT2D eigenvalue weighted by Gasteiger charge is 2.52. The second kappa shape index (κ2) is 31.7. The van der Waals surface area contributed by atoms with E-state index in [1.165, 1.54) is 96.3 Å². The molecule has 70 heavy (non-hydrogen) atoms. The van der Waals surface area contributed by atoms with Gasteiger partial charge >= 0.3 is 0 Å². The average molecular weight is 1030 g/mol. The van der Waals surface area contributed by atoms with Crippen LogP contribution in [0, 0.1) is 59.2 Å². The molecule has 11 aliphatic carbocycles. The van der Waals surface area contributed by atoms with Gasteiger partial charge in [-0.25, -0.2) is 8.42 Å². The quantitative estimate of drug-likeness (QED) is 0.252. The monoisotopic (exact) mass is 1030 g/mol. The van der Waals surface area contributed by atoms with Crippen molar-refractivity contribution in [2.75, 3.05) is 0 Å². The minimum Gasteiger partial charge on any atom is -0.311 e. The molecule has 7 heteroatoms. The highest BCUT2D eigenvalue weighted by atomic mass is 32.2. The SMILES string of the molecule is C1C2CC3CC1CC(C2)N3.C1C2CC3CC1CC(C2)N3.C1C2CC3CC1CC(C2)S3.C1C2CC3CC1CC(C2)S3.C1CCCCC1.CC.CC.CC.CC.CC.CC.O=S1(=O)C2CC3CC(C2)CC1C3.